The van der Waals surface area contributed by atoms with Crippen molar-refractivity contribution < 1.29 is 9.90 Å². The zero-order chi connectivity index (χ0) is 12.4. The number of anilines is 1. The van der Waals surface area contributed by atoms with E-state index in [1.165, 1.54) is 0 Å². The molecule has 0 radical (unpaired) electrons. The molecule has 94 valence electrons. The Morgan fingerprint density at radius 2 is 2.41 bits per heavy atom. The van der Waals surface area contributed by atoms with Crippen molar-refractivity contribution in [2.45, 2.75) is 25.3 Å². The molecular weight excluding hydrogens is 218 g/mol. The number of carbonyl (C=O) groups is 1. The number of nitrogens with zero attached hydrogens (tertiary/aromatic N) is 2. The molecule has 1 atom stereocenters. The first-order chi connectivity index (χ1) is 8.13. The molecule has 5 heteroatoms. The summed E-state index contributed by atoms with van der Waals surface area (Å²) in [5.74, 6) is 0.0140. The van der Waals surface area contributed by atoms with Crippen molar-refractivity contribution in [3.8, 4) is 0 Å². The first-order valence-corrected chi connectivity index (χ1v) is 5.97. The number of rotatable bonds is 3. The lowest BCUT2D eigenvalue weighted by Crippen LogP contribution is -2.36. The number of hydrogen-bond donors (Lipinski definition) is 2. The fourth-order valence-electron chi connectivity index (χ4n) is 2.50. The van der Waals surface area contributed by atoms with E-state index in [2.05, 4.69) is 0 Å². The molecule has 0 aromatic carbocycles. The maximum atomic E-state index is 12.3. The van der Waals surface area contributed by atoms with E-state index >= 15 is 0 Å². The molecule has 17 heavy (non-hydrogen) atoms. The van der Waals surface area contributed by atoms with E-state index in [1.54, 1.807) is 16.8 Å². The van der Waals surface area contributed by atoms with Gasteiger partial charge in [-0.2, -0.15) is 0 Å². The van der Waals surface area contributed by atoms with E-state index in [0.717, 1.165) is 19.4 Å². The summed E-state index contributed by atoms with van der Waals surface area (Å²) < 4.78 is 1.76. The Hall–Kier alpha value is -1.49. The SMILES string of the molecule is Cn1cc(N)cc1C(=O)N1CCCC1CCO. The summed E-state index contributed by atoms with van der Waals surface area (Å²) in [6.07, 6.45) is 4.39. The van der Waals surface area contributed by atoms with Crippen molar-refractivity contribution in [2.24, 2.45) is 7.05 Å². The third kappa shape index (κ3) is 2.29. The largest absolute Gasteiger partial charge is 0.397 e. The van der Waals surface area contributed by atoms with Crippen LogP contribution in [0.15, 0.2) is 12.3 Å². The van der Waals surface area contributed by atoms with Crippen LogP contribution in [0.2, 0.25) is 0 Å². The molecule has 0 bridgehead atoms. The highest BCUT2D eigenvalue weighted by atomic mass is 16.3. The van der Waals surface area contributed by atoms with Gasteiger partial charge in [0.05, 0.1) is 5.69 Å². The summed E-state index contributed by atoms with van der Waals surface area (Å²) >= 11 is 0. The van der Waals surface area contributed by atoms with E-state index in [1.807, 2.05) is 11.9 Å². The van der Waals surface area contributed by atoms with Crippen molar-refractivity contribution >= 4 is 11.6 Å². The molecule has 1 aliphatic heterocycles. The Labute approximate surface area is 101 Å². The molecule has 1 aromatic rings. The van der Waals surface area contributed by atoms with Gasteiger partial charge in [-0.15, -0.1) is 0 Å². The molecule has 2 rings (SSSR count). The Bertz CT molecular complexity index is 414. The van der Waals surface area contributed by atoms with Gasteiger partial charge in [0.1, 0.15) is 5.69 Å². The number of aliphatic hydroxyl groups excluding tert-OH is 1. The van der Waals surface area contributed by atoms with Crippen LogP contribution in [0.25, 0.3) is 0 Å². The second kappa shape index (κ2) is 4.79. The minimum Gasteiger partial charge on any atom is -0.397 e. The van der Waals surface area contributed by atoms with E-state index < -0.39 is 0 Å². The fourth-order valence-corrected chi connectivity index (χ4v) is 2.50. The Balaban J connectivity index is 2.16. The second-order valence-corrected chi connectivity index (χ2v) is 4.58. The third-order valence-corrected chi connectivity index (χ3v) is 3.35. The number of hydrogen-bond acceptors (Lipinski definition) is 3. The van der Waals surface area contributed by atoms with Gasteiger partial charge in [0, 0.05) is 32.4 Å². The monoisotopic (exact) mass is 237 g/mol. The minimum absolute atomic E-state index is 0.0140. The van der Waals surface area contributed by atoms with Gasteiger partial charge in [-0.25, -0.2) is 0 Å². The van der Waals surface area contributed by atoms with Crippen LogP contribution in [-0.4, -0.2) is 39.7 Å². The maximum absolute atomic E-state index is 12.3. The summed E-state index contributed by atoms with van der Waals surface area (Å²) in [5.41, 5.74) is 6.90. The molecule has 0 spiro atoms. The van der Waals surface area contributed by atoms with Gasteiger partial charge in [-0.1, -0.05) is 0 Å². The van der Waals surface area contributed by atoms with Crippen LogP contribution in [0.4, 0.5) is 5.69 Å². The summed E-state index contributed by atoms with van der Waals surface area (Å²) in [6.45, 7) is 0.901. The van der Waals surface area contributed by atoms with Crippen molar-refractivity contribution in [3.05, 3.63) is 18.0 Å². The Kier molecular flexibility index (Phi) is 3.38. The standard InChI is InChI=1S/C12H19N3O2/c1-14-8-9(13)7-11(14)12(17)15-5-2-3-10(15)4-6-16/h7-8,10,16H,2-6,13H2,1H3. The number of nitrogen functional groups attached to an aromatic ring is 1. The summed E-state index contributed by atoms with van der Waals surface area (Å²) in [7, 11) is 1.82. The lowest BCUT2D eigenvalue weighted by molar-refractivity contribution is 0.0707. The number of aryl methyl sites for hydroxylation is 1. The number of likely N-dealkylation sites (tertiary alicyclic amines) is 1. The van der Waals surface area contributed by atoms with Gasteiger partial charge in [0.15, 0.2) is 0 Å². The van der Waals surface area contributed by atoms with Gasteiger partial charge >= 0.3 is 0 Å². The fraction of sp³-hybridized carbons (Fsp3) is 0.583. The average molecular weight is 237 g/mol. The predicted octanol–water partition coefficient (Wildman–Crippen LogP) is 0.594. The molecule has 1 fully saturated rings. The van der Waals surface area contributed by atoms with Crippen LogP contribution >= 0.6 is 0 Å². The normalized spacial score (nSPS) is 19.9. The van der Waals surface area contributed by atoms with Crippen molar-refractivity contribution in [2.75, 3.05) is 18.9 Å². The molecular formula is C12H19N3O2. The Morgan fingerprint density at radius 1 is 1.65 bits per heavy atom. The predicted molar refractivity (Wildman–Crippen MR) is 65.6 cm³/mol. The first kappa shape index (κ1) is 12.0. The zero-order valence-corrected chi connectivity index (χ0v) is 10.1. The molecule has 2 heterocycles. The summed E-state index contributed by atoms with van der Waals surface area (Å²) in [6, 6.07) is 1.88. The number of carbonyl (C=O) groups excluding carboxylic acids is 1. The topological polar surface area (TPSA) is 71.5 Å². The summed E-state index contributed by atoms with van der Waals surface area (Å²) in [5, 5.41) is 8.99. The maximum Gasteiger partial charge on any atom is 0.270 e. The molecule has 1 amide bonds. The van der Waals surface area contributed by atoms with E-state index in [-0.39, 0.29) is 18.6 Å². The molecule has 3 N–H and O–H groups in total. The molecule has 0 aliphatic carbocycles. The number of aliphatic hydroxyl groups is 1. The van der Waals surface area contributed by atoms with Crippen LogP contribution in [0.1, 0.15) is 29.8 Å². The third-order valence-electron chi connectivity index (χ3n) is 3.35. The van der Waals surface area contributed by atoms with E-state index in [0.29, 0.717) is 17.8 Å². The molecule has 5 nitrogen and oxygen atoms in total. The number of nitrogens with two attached hydrogens (primary N) is 1. The van der Waals surface area contributed by atoms with Gasteiger partial charge in [-0.3, -0.25) is 4.79 Å². The highest BCUT2D eigenvalue weighted by molar-refractivity contribution is 5.94. The zero-order valence-electron chi connectivity index (χ0n) is 10.1. The van der Waals surface area contributed by atoms with Crippen LogP contribution in [-0.2, 0) is 7.05 Å². The highest BCUT2D eigenvalue weighted by Crippen LogP contribution is 2.23. The molecule has 1 aromatic heterocycles. The molecule has 1 aliphatic rings. The average Bonchev–Trinajstić information content (AvgIpc) is 2.85. The highest BCUT2D eigenvalue weighted by Gasteiger charge is 2.30. The molecule has 0 saturated carbocycles. The second-order valence-electron chi connectivity index (χ2n) is 4.58. The minimum atomic E-state index is 0.0140. The van der Waals surface area contributed by atoms with Crippen LogP contribution in [0.5, 0.6) is 0 Å². The van der Waals surface area contributed by atoms with Gasteiger partial charge in [-0.05, 0) is 25.3 Å². The molecule has 1 saturated heterocycles. The lowest BCUT2D eigenvalue weighted by Gasteiger charge is -2.24. The quantitative estimate of drug-likeness (QED) is 0.808. The lowest BCUT2D eigenvalue weighted by atomic mass is 10.1. The van der Waals surface area contributed by atoms with E-state index in [9.17, 15) is 4.79 Å². The summed E-state index contributed by atoms with van der Waals surface area (Å²) in [4.78, 5) is 14.2. The van der Waals surface area contributed by atoms with Crippen LogP contribution < -0.4 is 5.73 Å². The number of amides is 1. The van der Waals surface area contributed by atoms with Crippen molar-refractivity contribution in [1.82, 2.24) is 9.47 Å². The van der Waals surface area contributed by atoms with Crippen molar-refractivity contribution in [1.29, 1.82) is 0 Å². The Morgan fingerprint density at radius 3 is 3.00 bits per heavy atom. The molecule has 1 unspecified atom stereocenters. The van der Waals surface area contributed by atoms with Crippen molar-refractivity contribution in [3.63, 3.8) is 0 Å². The van der Waals surface area contributed by atoms with Gasteiger partial charge < -0.3 is 20.3 Å². The van der Waals surface area contributed by atoms with Gasteiger partial charge in [0.25, 0.3) is 5.91 Å². The first-order valence-electron chi connectivity index (χ1n) is 5.97. The van der Waals surface area contributed by atoms with Crippen LogP contribution in [0, 0.1) is 0 Å². The van der Waals surface area contributed by atoms with Gasteiger partial charge in [0.2, 0.25) is 0 Å². The van der Waals surface area contributed by atoms with E-state index in [4.69, 9.17) is 10.8 Å². The smallest absolute Gasteiger partial charge is 0.270 e. The van der Waals surface area contributed by atoms with Crippen LogP contribution in [0.3, 0.4) is 0 Å². The number of aromatic nitrogens is 1.